The number of sulfonamides is 1. The molecule has 23 heavy (non-hydrogen) atoms. The van der Waals surface area contributed by atoms with E-state index in [1.54, 1.807) is 0 Å². The lowest BCUT2D eigenvalue weighted by atomic mass is 10.1. The van der Waals surface area contributed by atoms with Crippen molar-refractivity contribution in [2.24, 2.45) is 0 Å². The van der Waals surface area contributed by atoms with Crippen LogP contribution in [0.25, 0.3) is 0 Å². The van der Waals surface area contributed by atoms with Crippen LogP contribution in [0.1, 0.15) is 36.6 Å². The Kier molecular flexibility index (Phi) is 4.95. The monoisotopic (exact) mass is 360 g/mol. The highest BCUT2D eigenvalue weighted by Crippen LogP contribution is 2.41. The van der Waals surface area contributed by atoms with Gasteiger partial charge in [-0.15, -0.1) is 10.2 Å². The molecule has 1 N–H and O–H groups in total. The molecule has 1 aromatic rings. The SMILES string of the molecule is CS(=O)(=O)N1CCC(OCC(=O)Nc2nnc(C3CC3)s2)CC1. The smallest absolute Gasteiger partial charge is 0.252 e. The van der Waals surface area contributed by atoms with Crippen molar-refractivity contribution in [1.82, 2.24) is 14.5 Å². The topological polar surface area (TPSA) is 101 Å². The molecule has 128 valence electrons. The number of piperidine rings is 1. The number of hydrogen-bond acceptors (Lipinski definition) is 7. The van der Waals surface area contributed by atoms with E-state index in [2.05, 4.69) is 15.5 Å². The summed E-state index contributed by atoms with van der Waals surface area (Å²) in [4.78, 5) is 11.9. The van der Waals surface area contributed by atoms with E-state index < -0.39 is 10.0 Å². The maximum Gasteiger partial charge on any atom is 0.252 e. The molecule has 3 rings (SSSR count). The lowest BCUT2D eigenvalue weighted by Gasteiger charge is -2.29. The van der Waals surface area contributed by atoms with Crippen molar-refractivity contribution < 1.29 is 17.9 Å². The van der Waals surface area contributed by atoms with E-state index in [-0.39, 0.29) is 18.6 Å². The molecule has 1 aliphatic carbocycles. The molecule has 2 fully saturated rings. The van der Waals surface area contributed by atoms with E-state index in [0.717, 1.165) is 17.8 Å². The van der Waals surface area contributed by atoms with Crippen LogP contribution < -0.4 is 5.32 Å². The summed E-state index contributed by atoms with van der Waals surface area (Å²) < 4.78 is 29.9. The average Bonchev–Trinajstić information content (AvgIpc) is 3.25. The molecule has 0 atom stereocenters. The van der Waals surface area contributed by atoms with Crippen molar-refractivity contribution >= 4 is 32.4 Å². The molecular weight excluding hydrogens is 340 g/mol. The summed E-state index contributed by atoms with van der Waals surface area (Å²) in [6.07, 6.45) is 4.63. The predicted molar refractivity (Wildman–Crippen MR) is 85.9 cm³/mol. The maximum atomic E-state index is 11.9. The fourth-order valence-corrected chi connectivity index (χ4v) is 4.26. The minimum atomic E-state index is -3.14. The number of amides is 1. The molecular formula is C13H20N4O4S2. The Morgan fingerprint density at radius 2 is 2.00 bits per heavy atom. The first-order chi connectivity index (χ1) is 10.9. The van der Waals surface area contributed by atoms with E-state index in [1.165, 1.54) is 21.9 Å². The van der Waals surface area contributed by atoms with E-state index in [9.17, 15) is 13.2 Å². The number of carbonyl (C=O) groups is 1. The molecule has 0 aromatic carbocycles. The molecule has 0 bridgehead atoms. The Morgan fingerprint density at radius 3 is 2.61 bits per heavy atom. The summed E-state index contributed by atoms with van der Waals surface area (Å²) in [7, 11) is -3.14. The summed E-state index contributed by atoms with van der Waals surface area (Å²) >= 11 is 1.41. The fraction of sp³-hybridized carbons (Fsp3) is 0.769. The van der Waals surface area contributed by atoms with Crippen LogP contribution in [-0.4, -0.2) is 60.9 Å². The normalized spacial score (nSPS) is 20.6. The van der Waals surface area contributed by atoms with Gasteiger partial charge < -0.3 is 4.74 Å². The highest BCUT2D eigenvalue weighted by Gasteiger charge is 2.28. The first kappa shape index (κ1) is 16.7. The van der Waals surface area contributed by atoms with E-state index in [4.69, 9.17) is 4.74 Å². The Bertz CT molecular complexity index is 663. The first-order valence-electron chi connectivity index (χ1n) is 7.62. The first-order valence-corrected chi connectivity index (χ1v) is 10.3. The molecule has 2 heterocycles. The number of carbonyl (C=O) groups excluding carboxylic acids is 1. The van der Waals surface area contributed by atoms with Gasteiger partial charge in [0.05, 0.1) is 12.4 Å². The maximum absolute atomic E-state index is 11.9. The summed E-state index contributed by atoms with van der Waals surface area (Å²) in [5.41, 5.74) is 0. The number of nitrogens with zero attached hydrogens (tertiary/aromatic N) is 3. The summed E-state index contributed by atoms with van der Waals surface area (Å²) in [5, 5.41) is 12.2. The molecule has 1 aliphatic heterocycles. The quantitative estimate of drug-likeness (QED) is 0.805. The van der Waals surface area contributed by atoms with Crippen LogP contribution in [0.15, 0.2) is 0 Å². The molecule has 1 aromatic heterocycles. The van der Waals surface area contributed by atoms with Gasteiger partial charge >= 0.3 is 0 Å². The molecule has 1 saturated carbocycles. The van der Waals surface area contributed by atoms with Gasteiger partial charge in [0.25, 0.3) is 5.91 Å². The van der Waals surface area contributed by atoms with E-state index in [0.29, 0.717) is 37.0 Å². The molecule has 0 spiro atoms. The fourth-order valence-electron chi connectivity index (χ4n) is 2.46. The molecule has 8 nitrogen and oxygen atoms in total. The number of rotatable bonds is 6. The third-order valence-electron chi connectivity index (χ3n) is 3.93. The van der Waals surface area contributed by atoms with Crippen molar-refractivity contribution in [3.8, 4) is 0 Å². The molecule has 1 amide bonds. The third-order valence-corrected chi connectivity index (χ3v) is 6.24. The van der Waals surface area contributed by atoms with Gasteiger partial charge in [0.1, 0.15) is 11.6 Å². The van der Waals surface area contributed by atoms with Gasteiger partial charge in [-0.3, -0.25) is 10.1 Å². The Morgan fingerprint density at radius 1 is 1.30 bits per heavy atom. The Hall–Kier alpha value is -1.10. The number of anilines is 1. The molecule has 0 unspecified atom stereocenters. The average molecular weight is 360 g/mol. The van der Waals surface area contributed by atoms with Gasteiger partial charge in [-0.1, -0.05) is 11.3 Å². The minimum absolute atomic E-state index is 0.0537. The van der Waals surface area contributed by atoms with Crippen molar-refractivity contribution in [3.05, 3.63) is 5.01 Å². The molecule has 1 saturated heterocycles. The van der Waals surface area contributed by atoms with Gasteiger partial charge in [-0.25, -0.2) is 12.7 Å². The number of ether oxygens (including phenoxy) is 1. The van der Waals surface area contributed by atoms with Crippen molar-refractivity contribution in [2.45, 2.75) is 37.7 Å². The van der Waals surface area contributed by atoms with Crippen LogP contribution in [0.3, 0.4) is 0 Å². The predicted octanol–water partition coefficient (Wildman–Crippen LogP) is 0.795. The van der Waals surface area contributed by atoms with Crippen LogP contribution in [0, 0.1) is 0 Å². The second kappa shape index (κ2) is 6.80. The Balaban J connectivity index is 1.39. The van der Waals surface area contributed by atoms with Crippen LogP contribution in [0.4, 0.5) is 5.13 Å². The van der Waals surface area contributed by atoms with Gasteiger partial charge in [-0.2, -0.15) is 0 Å². The highest BCUT2D eigenvalue weighted by atomic mass is 32.2. The zero-order valence-electron chi connectivity index (χ0n) is 12.9. The van der Waals surface area contributed by atoms with E-state index in [1.807, 2.05) is 0 Å². The lowest BCUT2D eigenvalue weighted by molar-refractivity contribution is -0.123. The van der Waals surface area contributed by atoms with Crippen LogP contribution in [0.5, 0.6) is 0 Å². The van der Waals surface area contributed by atoms with Crippen molar-refractivity contribution in [3.63, 3.8) is 0 Å². The zero-order chi connectivity index (χ0) is 16.4. The zero-order valence-corrected chi connectivity index (χ0v) is 14.5. The van der Waals surface area contributed by atoms with Gasteiger partial charge in [0.15, 0.2) is 0 Å². The Labute approximate surface area is 139 Å². The van der Waals surface area contributed by atoms with Gasteiger partial charge in [0, 0.05) is 19.0 Å². The second-order valence-electron chi connectivity index (χ2n) is 5.94. The van der Waals surface area contributed by atoms with Gasteiger partial charge in [0.2, 0.25) is 15.2 Å². The summed E-state index contributed by atoms with van der Waals surface area (Å²) in [5.74, 6) is 0.267. The molecule has 0 radical (unpaired) electrons. The molecule has 2 aliphatic rings. The lowest BCUT2D eigenvalue weighted by Crippen LogP contribution is -2.40. The second-order valence-corrected chi connectivity index (χ2v) is 8.93. The number of aromatic nitrogens is 2. The van der Waals surface area contributed by atoms with Crippen molar-refractivity contribution in [1.29, 1.82) is 0 Å². The van der Waals surface area contributed by atoms with Crippen LogP contribution in [-0.2, 0) is 19.6 Å². The standard InChI is InChI=1S/C13H20N4O4S2/c1-23(19,20)17-6-4-10(5-7-17)21-8-11(18)14-13-16-15-12(22-13)9-2-3-9/h9-10H,2-8H2,1H3,(H,14,16,18). The van der Waals surface area contributed by atoms with E-state index >= 15 is 0 Å². The number of nitrogens with one attached hydrogen (secondary N) is 1. The van der Waals surface area contributed by atoms with Gasteiger partial charge in [-0.05, 0) is 25.7 Å². The minimum Gasteiger partial charge on any atom is -0.368 e. The van der Waals surface area contributed by atoms with Crippen LogP contribution in [0.2, 0.25) is 0 Å². The third kappa shape index (κ3) is 4.69. The largest absolute Gasteiger partial charge is 0.368 e. The van der Waals surface area contributed by atoms with Crippen molar-refractivity contribution in [2.75, 3.05) is 31.3 Å². The van der Waals surface area contributed by atoms with Crippen LogP contribution >= 0.6 is 11.3 Å². The molecule has 10 heteroatoms. The summed E-state index contributed by atoms with van der Waals surface area (Å²) in [6, 6.07) is 0. The summed E-state index contributed by atoms with van der Waals surface area (Å²) in [6.45, 7) is 0.820. The number of hydrogen-bond donors (Lipinski definition) is 1. The highest BCUT2D eigenvalue weighted by molar-refractivity contribution is 7.88.